The van der Waals surface area contributed by atoms with Crippen molar-refractivity contribution in [2.24, 2.45) is 5.41 Å². The first-order valence-electron chi connectivity index (χ1n) is 28.7. The number of rotatable bonds is 8. The minimum absolute atomic E-state index is 0.150. The lowest BCUT2D eigenvalue weighted by molar-refractivity contribution is 0.523. The first-order valence-corrected chi connectivity index (χ1v) is 28.7. The average Bonchev–Trinajstić information content (AvgIpc) is 2.21. The van der Waals surface area contributed by atoms with Crippen LogP contribution in [0.5, 0.6) is 0 Å². The number of para-hydroxylation sites is 8. The van der Waals surface area contributed by atoms with Gasteiger partial charge in [-0.15, -0.1) is 0 Å². The predicted molar refractivity (Wildman–Crippen MR) is 349 cm³/mol. The number of aromatic nitrogens is 1. The molecule has 0 aliphatic rings. The van der Waals surface area contributed by atoms with E-state index < -0.39 is 0 Å². The molecule has 0 atom stereocenters. The standard InChI is InChI=1S/C76H59N3O4/c1-10-45-48-31-23-37-58(71(48)82-69(45)55(11-2)75(4,5)6)77(44-26-13-12-14-27-44)60-41-53-46-28-16-19-39-62(46)80-73(53)67-64(60)51-33-21-34-52-65-61(42-54-47-29-17-20-40-63(47)81-74(54)68(65)79(67)66(51)52)78(57-36-18-15-25-43(57)3)59-38-24-32-50-49-30-22-35-56(76(7,8)9)70(49)83-72(50)59/h10-42H,1H2,2-9H3/b55-11+. The number of hydrogen-bond acceptors (Lipinski definition) is 6. The van der Waals surface area contributed by atoms with Crippen LogP contribution in [0.4, 0.5) is 34.1 Å². The second-order valence-electron chi connectivity index (χ2n) is 24.4. The van der Waals surface area contributed by atoms with Gasteiger partial charge in [0.1, 0.15) is 33.5 Å². The number of fused-ring (bicyclic) bond motifs is 18. The lowest BCUT2D eigenvalue weighted by Gasteiger charge is -2.28. The van der Waals surface area contributed by atoms with Crippen molar-refractivity contribution in [3.63, 3.8) is 0 Å². The summed E-state index contributed by atoms with van der Waals surface area (Å²) in [7, 11) is 0. The summed E-state index contributed by atoms with van der Waals surface area (Å²) in [5.74, 6) is 0.829. The fourth-order valence-corrected chi connectivity index (χ4v) is 13.9. The lowest BCUT2D eigenvalue weighted by Crippen LogP contribution is -2.12. The minimum Gasteiger partial charge on any atom is -0.454 e. The van der Waals surface area contributed by atoms with Crippen LogP contribution in [0.25, 0.3) is 127 Å². The van der Waals surface area contributed by atoms with Crippen molar-refractivity contribution in [1.29, 1.82) is 0 Å². The fourth-order valence-electron chi connectivity index (χ4n) is 13.9. The van der Waals surface area contributed by atoms with Crippen molar-refractivity contribution in [2.45, 2.75) is 60.8 Å². The zero-order valence-electron chi connectivity index (χ0n) is 47.7. The molecule has 7 heteroatoms. The summed E-state index contributed by atoms with van der Waals surface area (Å²) in [6.07, 6.45) is 4.12. The quantitative estimate of drug-likeness (QED) is 0.151. The van der Waals surface area contributed by atoms with Gasteiger partial charge in [0, 0.05) is 81.8 Å². The number of hydrogen-bond donors (Lipinski definition) is 0. The van der Waals surface area contributed by atoms with E-state index in [2.05, 4.69) is 270 Å². The normalized spacial score (nSPS) is 12.9. The lowest BCUT2D eigenvalue weighted by atomic mass is 9.83. The van der Waals surface area contributed by atoms with E-state index in [0.717, 1.165) is 171 Å². The maximum absolute atomic E-state index is 7.29. The van der Waals surface area contributed by atoms with Gasteiger partial charge < -0.3 is 31.9 Å². The van der Waals surface area contributed by atoms with Crippen LogP contribution in [-0.2, 0) is 5.41 Å². The third kappa shape index (κ3) is 6.85. The van der Waals surface area contributed by atoms with Gasteiger partial charge in [0.05, 0.1) is 28.3 Å². The smallest absolute Gasteiger partial charge is 0.160 e. The van der Waals surface area contributed by atoms with E-state index in [-0.39, 0.29) is 10.8 Å². The van der Waals surface area contributed by atoms with Crippen molar-refractivity contribution in [1.82, 2.24) is 4.40 Å². The third-order valence-corrected chi connectivity index (χ3v) is 17.4. The zero-order valence-corrected chi connectivity index (χ0v) is 47.7. The van der Waals surface area contributed by atoms with Crippen molar-refractivity contribution in [3.05, 3.63) is 223 Å². The SMILES string of the molecule is C=Cc1c(/C(=C\C)C(C)(C)C)oc2c(N(c3ccccc3)c3cc4c5ccccc5oc4c4c3c3cccc5c6c(N(c7ccccc7C)c7cccc8c7oc7c(C(C)(C)C)cccc78)cc7c8ccccc8oc7c6n4c35)cccc12. The van der Waals surface area contributed by atoms with Crippen LogP contribution in [0.3, 0.4) is 0 Å². The summed E-state index contributed by atoms with van der Waals surface area (Å²) in [6, 6.07) is 67.4. The Hall–Kier alpha value is -9.98. The number of furan rings is 4. The highest BCUT2D eigenvalue weighted by atomic mass is 16.3. The molecule has 6 heterocycles. The Balaban J connectivity index is 1.09. The maximum Gasteiger partial charge on any atom is 0.160 e. The molecule has 0 N–H and O–H groups in total. The van der Waals surface area contributed by atoms with E-state index in [1.165, 1.54) is 5.56 Å². The number of nitrogens with zero attached hydrogens (tertiary/aromatic N) is 3. The Morgan fingerprint density at radius 1 is 0.434 bits per heavy atom. The molecule has 0 radical (unpaired) electrons. The number of benzene rings is 10. The first kappa shape index (κ1) is 48.9. The predicted octanol–water partition coefficient (Wildman–Crippen LogP) is 22.9. The van der Waals surface area contributed by atoms with Gasteiger partial charge in [-0.05, 0) is 90.4 Å². The summed E-state index contributed by atoms with van der Waals surface area (Å²) in [6.45, 7) is 22.1. The molecule has 83 heavy (non-hydrogen) atoms. The van der Waals surface area contributed by atoms with Crippen LogP contribution in [0.15, 0.2) is 218 Å². The van der Waals surface area contributed by atoms with E-state index in [1.807, 2.05) is 6.08 Å². The topological polar surface area (TPSA) is 63.5 Å². The fraction of sp³-hybridized carbons (Fsp3) is 0.132. The van der Waals surface area contributed by atoms with Gasteiger partial charge >= 0.3 is 0 Å². The number of allylic oxidation sites excluding steroid dienone is 2. The van der Waals surface area contributed by atoms with Gasteiger partial charge in [-0.3, -0.25) is 0 Å². The second-order valence-corrected chi connectivity index (χ2v) is 24.4. The summed E-state index contributed by atoms with van der Waals surface area (Å²) in [4.78, 5) is 4.84. The molecular formula is C76H59N3O4. The molecule has 16 rings (SSSR count). The summed E-state index contributed by atoms with van der Waals surface area (Å²) < 4.78 is 31.6. The minimum atomic E-state index is -0.193. The molecule has 402 valence electrons. The van der Waals surface area contributed by atoms with Crippen molar-refractivity contribution in [3.8, 4) is 0 Å². The van der Waals surface area contributed by atoms with Crippen LogP contribution in [0.1, 0.15) is 70.9 Å². The van der Waals surface area contributed by atoms with Crippen molar-refractivity contribution >= 4 is 161 Å². The van der Waals surface area contributed by atoms with E-state index in [4.69, 9.17) is 17.7 Å². The van der Waals surface area contributed by atoms with Gasteiger partial charge in [-0.2, -0.15) is 0 Å². The number of anilines is 6. The van der Waals surface area contributed by atoms with Crippen LogP contribution in [0.2, 0.25) is 0 Å². The molecule has 0 amide bonds. The molecule has 0 saturated carbocycles. The highest BCUT2D eigenvalue weighted by Crippen LogP contribution is 2.56. The summed E-state index contributed by atoms with van der Waals surface area (Å²) >= 11 is 0. The van der Waals surface area contributed by atoms with Gasteiger partial charge in [0.25, 0.3) is 0 Å². The first-order chi connectivity index (χ1) is 40.3. The van der Waals surface area contributed by atoms with E-state index >= 15 is 0 Å². The molecule has 7 nitrogen and oxygen atoms in total. The van der Waals surface area contributed by atoms with Crippen LogP contribution < -0.4 is 9.80 Å². The van der Waals surface area contributed by atoms with Crippen molar-refractivity contribution < 1.29 is 17.7 Å². The third-order valence-electron chi connectivity index (χ3n) is 17.4. The second kappa shape index (κ2) is 17.5. The van der Waals surface area contributed by atoms with E-state index in [1.54, 1.807) is 0 Å². The van der Waals surface area contributed by atoms with Gasteiger partial charge in [-0.25, -0.2) is 0 Å². The summed E-state index contributed by atoms with van der Waals surface area (Å²) in [5.41, 5.74) is 18.5. The van der Waals surface area contributed by atoms with E-state index in [9.17, 15) is 0 Å². The monoisotopic (exact) mass is 1080 g/mol. The molecule has 0 aliphatic carbocycles. The molecule has 10 aromatic carbocycles. The molecule has 0 spiro atoms. The Morgan fingerprint density at radius 2 is 0.928 bits per heavy atom. The van der Waals surface area contributed by atoms with Crippen LogP contribution in [-0.4, -0.2) is 4.40 Å². The average molecular weight is 1080 g/mol. The van der Waals surface area contributed by atoms with Crippen molar-refractivity contribution in [2.75, 3.05) is 9.80 Å². The Bertz CT molecular complexity index is 5410. The zero-order chi connectivity index (χ0) is 56.4. The molecule has 0 aliphatic heterocycles. The highest BCUT2D eigenvalue weighted by Gasteiger charge is 2.34. The van der Waals surface area contributed by atoms with Gasteiger partial charge in [0.2, 0.25) is 0 Å². The van der Waals surface area contributed by atoms with Crippen LogP contribution >= 0.6 is 0 Å². The molecule has 0 saturated heterocycles. The Morgan fingerprint density at radius 3 is 1.53 bits per heavy atom. The summed E-state index contributed by atoms with van der Waals surface area (Å²) in [5, 5.41) is 11.4. The Kier molecular flexibility index (Phi) is 10.3. The molecular weight excluding hydrogens is 1020 g/mol. The molecule has 0 unspecified atom stereocenters. The van der Waals surface area contributed by atoms with Gasteiger partial charge in [-0.1, -0.05) is 194 Å². The molecule has 16 aromatic rings. The number of aryl methyl sites for hydroxylation is 1. The maximum atomic E-state index is 7.29. The molecule has 0 bridgehead atoms. The molecule has 6 aromatic heterocycles. The molecule has 0 fully saturated rings. The largest absolute Gasteiger partial charge is 0.454 e. The van der Waals surface area contributed by atoms with E-state index in [0.29, 0.717) is 0 Å². The van der Waals surface area contributed by atoms with Crippen LogP contribution in [0, 0.1) is 12.3 Å². The van der Waals surface area contributed by atoms with Gasteiger partial charge in [0.15, 0.2) is 22.3 Å². The Labute approximate surface area is 479 Å². The highest BCUT2D eigenvalue weighted by molar-refractivity contribution is 6.36.